The number of aliphatic hydroxyl groups excluding tert-OH is 2. The fourth-order valence-electron chi connectivity index (χ4n) is 13.4. The van der Waals surface area contributed by atoms with Gasteiger partial charge in [0, 0.05) is 19.3 Å². The summed E-state index contributed by atoms with van der Waals surface area (Å²) in [6, 6.07) is 0. The molecule has 0 spiro atoms. The van der Waals surface area contributed by atoms with Crippen LogP contribution in [0, 0.1) is 0 Å². The van der Waals surface area contributed by atoms with E-state index in [0.717, 1.165) is 193 Å². The van der Waals surface area contributed by atoms with Gasteiger partial charge < -0.3 is 34.2 Å². The van der Waals surface area contributed by atoms with Gasteiger partial charge in [-0.1, -0.05) is 421 Å². The highest BCUT2D eigenvalue weighted by molar-refractivity contribution is 7.47. The largest absolute Gasteiger partial charge is 0.472 e. The Balaban J connectivity index is 4.65. The standard InChI is InChI=1S/C107H180O16P2/c1-4-7-10-13-16-19-22-25-28-31-34-37-40-43-46-49-50-53-55-57-60-63-66-69-72-75-78-81-84-87-90-93-105(110)117-96-102(108)97-119-124(113,114)120-98-103(109)99-121-125(115,116)122-101-104(123-107(112)95-92-89-86-83-80-77-74-71-68-65-62-59-56-52-48-45-42-39-36-33-30-27-24-21-18-15-12-9-6-3)100-118-106(111)94-91-88-85-82-79-76-73-70-67-64-61-58-54-51-47-44-41-38-35-32-29-26-23-20-17-14-11-8-5-2/h7-12,16-21,25-30,34-39,43-48,50,53,102-104,108-109H,4-6,13-15,22-24,31-33,40-42,49,51-52,54-101H2,1-3H3,(H,113,114)(H,115,116)/b10-7-,11-8-,12-9-,19-16-,20-17-,21-18-,28-25-,29-26-,30-27-,37-34-,38-35-,39-36-,46-43-,47-44-,48-45-,53-50-. The molecule has 125 heavy (non-hydrogen) atoms. The minimum absolute atomic E-state index is 0.0980. The summed E-state index contributed by atoms with van der Waals surface area (Å²) in [5, 5.41) is 20.8. The fourth-order valence-corrected chi connectivity index (χ4v) is 15.0. The SMILES string of the molecule is CC/C=C\C/C=C\C/C=C\C/C=C\C/C=C\C/C=C\CCCCCCCCCCCCCCC(=O)OCC(O)COP(=O)(O)OCC(O)COP(=O)(O)OCC(COC(=O)CCCCCCCCCCCCCCC/C=C\C/C=C\C/C=C\C/C=C\C/C=C\CC)OC(=O)CCCCCCCCCCCCCCC/C=C\C/C=C\C/C=C\C/C=C\C/C=C\CC. The Bertz CT molecular complexity index is 3050. The van der Waals surface area contributed by atoms with Crippen molar-refractivity contribution in [3.63, 3.8) is 0 Å². The molecule has 0 amide bonds. The molecule has 0 aliphatic heterocycles. The number of phosphoric ester groups is 2. The van der Waals surface area contributed by atoms with Crippen molar-refractivity contribution in [2.45, 2.75) is 424 Å². The summed E-state index contributed by atoms with van der Waals surface area (Å²) in [4.78, 5) is 59.2. The minimum atomic E-state index is -4.95. The lowest BCUT2D eigenvalue weighted by Gasteiger charge is -2.21. The van der Waals surface area contributed by atoms with Crippen molar-refractivity contribution in [3.05, 3.63) is 194 Å². The van der Waals surface area contributed by atoms with Crippen LogP contribution in [0.15, 0.2) is 194 Å². The van der Waals surface area contributed by atoms with E-state index in [0.29, 0.717) is 19.3 Å². The smallest absolute Gasteiger partial charge is 0.463 e. The first-order chi connectivity index (χ1) is 61.2. The molecule has 0 heterocycles. The highest BCUT2D eigenvalue weighted by Gasteiger charge is 2.30. The first kappa shape index (κ1) is 119. The summed E-state index contributed by atoms with van der Waals surface area (Å²) in [6.07, 6.45) is 130. The van der Waals surface area contributed by atoms with E-state index in [4.69, 9.17) is 32.3 Å². The van der Waals surface area contributed by atoms with E-state index in [9.17, 15) is 43.5 Å². The molecule has 5 unspecified atom stereocenters. The van der Waals surface area contributed by atoms with Gasteiger partial charge in [-0.05, 0) is 161 Å². The van der Waals surface area contributed by atoms with Gasteiger partial charge in [0.15, 0.2) is 6.10 Å². The molecule has 0 rings (SSSR count). The number of ether oxygens (including phenoxy) is 3. The molecule has 0 aromatic heterocycles. The number of hydrogen-bond donors (Lipinski definition) is 4. The highest BCUT2D eigenvalue weighted by Crippen LogP contribution is 2.45. The lowest BCUT2D eigenvalue weighted by Crippen LogP contribution is -2.30. The lowest BCUT2D eigenvalue weighted by atomic mass is 10.0. The Morgan fingerprint density at radius 2 is 0.400 bits per heavy atom. The molecular weight excluding hydrogens is 1600 g/mol. The van der Waals surface area contributed by atoms with E-state index < -0.39 is 91.5 Å². The van der Waals surface area contributed by atoms with Crippen LogP contribution in [0.2, 0.25) is 0 Å². The zero-order valence-electron chi connectivity index (χ0n) is 79.0. The Morgan fingerprint density at radius 1 is 0.224 bits per heavy atom. The Kier molecular flexibility index (Phi) is 93.1. The molecule has 18 heteroatoms. The third kappa shape index (κ3) is 98.8. The van der Waals surface area contributed by atoms with Crippen molar-refractivity contribution >= 4 is 33.6 Å². The van der Waals surface area contributed by atoms with Gasteiger partial charge >= 0.3 is 33.6 Å². The number of aliphatic hydroxyl groups is 2. The number of rotatable bonds is 93. The van der Waals surface area contributed by atoms with Crippen LogP contribution < -0.4 is 0 Å². The van der Waals surface area contributed by atoms with Crippen LogP contribution in [-0.4, -0.2) is 95.9 Å². The molecule has 0 saturated carbocycles. The van der Waals surface area contributed by atoms with Crippen molar-refractivity contribution < 1.29 is 75.8 Å². The molecule has 4 N–H and O–H groups in total. The van der Waals surface area contributed by atoms with Crippen molar-refractivity contribution in [3.8, 4) is 0 Å². The summed E-state index contributed by atoms with van der Waals surface area (Å²) < 4.78 is 61.7. The second-order valence-electron chi connectivity index (χ2n) is 32.8. The average Bonchev–Trinajstić information content (AvgIpc) is 0.898. The second kappa shape index (κ2) is 97.4. The van der Waals surface area contributed by atoms with E-state index in [2.05, 4.69) is 215 Å². The van der Waals surface area contributed by atoms with E-state index in [1.54, 1.807) is 0 Å². The predicted octanol–water partition coefficient (Wildman–Crippen LogP) is 31.3. The van der Waals surface area contributed by atoms with Crippen LogP contribution in [-0.2, 0) is 55.8 Å². The molecule has 0 aliphatic carbocycles. The van der Waals surface area contributed by atoms with E-state index in [1.165, 1.54) is 154 Å². The number of phosphoric acid groups is 2. The summed E-state index contributed by atoms with van der Waals surface area (Å²) in [7, 11) is -9.82. The normalized spacial score (nSPS) is 14.5. The number of unbranched alkanes of at least 4 members (excludes halogenated alkanes) is 38. The third-order valence-corrected chi connectivity index (χ3v) is 22.7. The number of hydrogen-bond acceptors (Lipinski definition) is 14. The molecule has 0 fully saturated rings. The minimum Gasteiger partial charge on any atom is -0.463 e. The van der Waals surface area contributed by atoms with E-state index in [-0.39, 0.29) is 19.3 Å². The van der Waals surface area contributed by atoms with Gasteiger partial charge in [-0.15, -0.1) is 0 Å². The molecule has 0 aliphatic rings. The topological polar surface area (TPSA) is 231 Å². The predicted molar refractivity (Wildman–Crippen MR) is 528 cm³/mol. The average molecular weight is 1780 g/mol. The molecule has 0 saturated heterocycles. The monoisotopic (exact) mass is 1780 g/mol. The fraction of sp³-hybridized carbons (Fsp3) is 0.673. The van der Waals surface area contributed by atoms with Gasteiger partial charge in [0.2, 0.25) is 0 Å². The number of carbonyl (C=O) groups is 3. The summed E-state index contributed by atoms with van der Waals surface area (Å²) in [5.41, 5.74) is 0. The van der Waals surface area contributed by atoms with Crippen LogP contribution in [0.4, 0.5) is 0 Å². The Labute approximate surface area is 763 Å². The van der Waals surface area contributed by atoms with Gasteiger partial charge in [0.05, 0.1) is 26.4 Å². The Hall–Kier alpha value is -5.61. The molecule has 714 valence electrons. The van der Waals surface area contributed by atoms with Crippen molar-refractivity contribution in [2.24, 2.45) is 0 Å². The van der Waals surface area contributed by atoms with E-state index >= 15 is 0 Å². The zero-order valence-corrected chi connectivity index (χ0v) is 80.7. The molecule has 0 bridgehead atoms. The molecule has 0 aromatic carbocycles. The van der Waals surface area contributed by atoms with Crippen molar-refractivity contribution in [1.82, 2.24) is 0 Å². The van der Waals surface area contributed by atoms with Gasteiger partial charge in [0.1, 0.15) is 25.4 Å². The first-order valence-corrected chi connectivity index (χ1v) is 52.7. The lowest BCUT2D eigenvalue weighted by molar-refractivity contribution is -0.161. The van der Waals surface area contributed by atoms with Crippen molar-refractivity contribution in [2.75, 3.05) is 39.6 Å². The second-order valence-corrected chi connectivity index (χ2v) is 35.7. The molecule has 16 nitrogen and oxygen atoms in total. The Morgan fingerprint density at radius 3 is 0.632 bits per heavy atom. The molecule has 5 atom stereocenters. The maximum Gasteiger partial charge on any atom is 0.472 e. The number of carbonyl (C=O) groups excluding carboxylic acids is 3. The highest BCUT2D eigenvalue weighted by atomic mass is 31.2. The third-order valence-electron chi connectivity index (χ3n) is 20.8. The van der Waals surface area contributed by atoms with Crippen LogP contribution in [0.3, 0.4) is 0 Å². The summed E-state index contributed by atoms with van der Waals surface area (Å²) >= 11 is 0. The number of allylic oxidation sites excluding steroid dienone is 32. The van der Waals surface area contributed by atoms with Crippen LogP contribution in [0.1, 0.15) is 406 Å². The summed E-state index contributed by atoms with van der Waals surface area (Å²) in [5.74, 6) is -1.57. The maximum atomic E-state index is 13.1. The van der Waals surface area contributed by atoms with Crippen LogP contribution in [0.5, 0.6) is 0 Å². The van der Waals surface area contributed by atoms with Gasteiger partial charge in [-0.2, -0.15) is 0 Å². The van der Waals surface area contributed by atoms with Crippen LogP contribution >= 0.6 is 15.6 Å². The molecule has 0 radical (unpaired) electrons. The summed E-state index contributed by atoms with van der Waals surface area (Å²) in [6.45, 7) is 2.39. The van der Waals surface area contributed by atoms with Gasteiger partial charge in [0.25, 0.3) is 0 Å². The molecule has 0 aromatic rings. The van der Waals surface area contributed by atoms with Gasteiger partial charge in [-0.3, -0.25) is 32.5 Å². The van der Waals surface area contributed by atoms with Gasteiger partial charge in [-0.25, -0.2) is 9.13 Å². The number of esters is 3. The van der Waals surface area contributed by atoms with E-state index in [1.807, 2.05) is 0 Å². The molecular formula is C107H180O16P2. The zero-order chi connectivity index (χ0) is 90.7. The first-order valence-electron chi connectivity index (χ1n) is 49.7. The van der Waals surface area contributed by atoms with Crippen molar-refractivity contribution in [1.29, 1.82) is 0 Å². The van der Waals surface area contributed by atoms with Crippen LogP contribution in [0.25, 0.3) is 0 Å². The quantitative estimate of drug-likeness (QED) is 0.0146. The maximum absolute atomic E-state index is 13.1.